The molecule has 1 unspecified atom stereocenters. The van der Waals surface area contributed by atoms with E-state index in [0.29, 0.717) is 24.3 Å². The van der Waals surface area contributed by atoms with Crippen molar-refractivity contribution in [2.24, 2.45) is 17.8 Å². The highest BCUT2D eigenvalue weighted by Gasteiger charge is 2.56. The number of amides is 1. The van der Waals surface area contributed by atoms with Crippen molar-refractivity contribution in [3.8, 4) is 0 Å². The molecule has 92 valence electrons. The number of rotatable bonds is 4. The third-order valence-electron chi connectivity index (χ3n) is 4.13. The summed E-state index contributed by atoms with van der Waals surface area (Å²) in [6, 6.07) is 0. The van der Waals surface area contributed by atoms with E-state index in [1.165, 1.54) is 25.6 Å². The van der Waals surface area contributed by atoms with Gasteiger partial charge in [-0.15, -0.1) is 0 Å². The number of carbonyl (C=O) groups excluding carboxylic acids is 1. The van der Waals surface area contributed by atoms with Crippen LogP contribution < -0.4 is 5.32 Å². The molecule has 5 heteroatoms. The van der Waals surface area contributed by atoms with Crippen LogP contribution in [0.25, 0.3) is 0 Å². The second-order valence-corrected chi connectivity index (χ2v) is 4.99. The summed E-state index contributed by atoms with van der Waals surface area (Å²) in [7, 11) is 0. The molecule has 1 aromatic heterocycles. The quantitative estimate of drug-likeness (QED) is 0.844. The van der Waals surface area contributed by atoms with Crippen molar-refractivity contribution in [3.63, 3.8) is 0 Å². The van der Waals surface area contributed by atoms with Gasteiger partial charge in [0.1, 0.15) is 12.2 Å². The zero-order valence-corrected chi connectivity index (χ0v) is 10.1. The fourth-order valence-corrected chi connectivity index (χ4v) is 3.18. The number of fused-ring (bicyclic) bond motifs is 1. The molecule has 5 nitrogen and oxygen atoms in total. The summed E-state index contributed by atoms with van der Waals surface area (Å²) in [4.78, 5) is 16.1. The van der Waals surface area contributed by atoms with Crippen LogP contribution in [0.5, 0.6) is 0 Å². The van der Waals surface area contributed by atoms with Crippen LogP contribution in [-0.2, 0) is 17.9 Å². The van der Waals surface area contributed by atoms with E-state index >= 15 is 0 Å². The van der Waals surface area contributed by atoms with Gasteiger partial charge in [-0.05, 0) is 31.6 Å². The summed E-state index contributed by atoms with van der Waals surface area (Å²) >= 11 is 0. The summed E-state index contributed by atoms with van der Waals surface area (Å²) in [6.45, 7) is 3.31. The Labute approximate surface area is 101 Å². The summed E-state index contributed by atoms with van der Waals surface area (Å²) in [6.07, 6.45) is 5.34. The molecule has 17 heavy (non-hydrogen) atoms. The predicted molar refractivity (Wildman–Crippen MR) is 61.9 cm³/mol. The number of hydrogen-bond donors (Lipinski definition) is 1. The fourth-order valence-electron chi connectivity index (χ4n) is 3.18. The first-order chi connectivity index (χ1) is 8.31. The Kier molecular flexibility index (Phi) is 2.61. The SMILES string of the molecule is CCn1ncnc1CNC(=O)C1[C@H]2CCC[C@@H]12. The highest BCUT2D eigenvalue weighted by Crippen LogP contribution is 2.57. The summed E-state index contributed by atoms with van der Waals surface area (Å²) in [5.74, 6) is 2.71. The number of hydrogen-bond acceptors (Lipinski definition) is 3. The highest BCUT2D eigenvalue weighted by atomic mass is 16.2. The van der Waals surface area contributed by atoms with Gasteiger partial charge in [0.05, 0.1) is 6.54 Å². The first-order valence-corrected chi connectivity index (χ1v) is 6.45. The molecular formula is C12H18N4O. The fraction of sp³-hybridized carbons (Fsp3) is 0.750. The van der Waals surface area contributed by atoms with Crippen LogP contribution >= 0.6 is 0 Å². The van der Waals surface area contributed by atoms with Crippen molar-refractivity contribution in [1.29, 1.82) is 0 Å². The van der Waals surface area contributed by atoms with E-state index in [9.17, 15) is 4.79 Å². The lowest BCUT2D eigenvalue weighted by atomic mass is 10.1. The average molecular weight is 234 g/mol. The van der Waals surface area contributed by atoms with Crippen LogP contribution in [0.1, 0.15) is 32.0 Å². The molecule has 0 saturated heterocycles. The molecule has 0 aromatic carbocycles. The largest absolute Gasteiger partial charge is 0.349 e. The minimum absolute atomic E-state index is 0.213. The van der Waals surface area contributed by atoms with Gasteiger partial charge in [-0.2, -0.15) is 5.10 Å². The minimum atomic E-state index is 0.213. The van der Waals surface area contributed by atoms with E-state index in [1.54, 1.807) is 0 Å². The predicted octanol–water partition coefficient (Wildman–Crippen LogP) is 0.960. The van der Waals surface area contributed by atoms with Crippen molar-refractivity contribution in [2.45, 2.75) is 39.3 Å². The molecule has 1 heterocycles. The van der Waals surface area contributed by atoms with E-state index in [-0.39, 0.29) is 5.91 Å². The van der Waals surface area contributed by atoms with Crippen LogP contribution in [0.4, 0.5) is 0 Å². The van der Waals surface area contributed by atoms with E-state index in [0.717, 1.165) is 12.4 Å². The first kappa shape index (κ1) is 10.7. The molecular weight excluding hydrogens is 216 g/mol. The van der Waals surface area contributed by atoms with Gasteiger partial charge in [-0.1, -0.05) is 6.42 Å². The van der Waals surface area contributed by atoms with Gasteiger partial charge >= 0.3 is 0 Å². The zero-order chi connectivity index (χ0) is 11.8. The van der Waals surface area contributed by atoms with Crippen molar-refractivity contribution < 1.29 is 4.79 Å². The van der Waals surface area contributed by atoms with Crippen LogP contribution in [0, 0.1) is 17.8 Å². The lowest BCUT2D eigenvalue weighted by Crippen LogP contribution is -2.27. The molecule has 2 aliphatic rings. The highest BCUT2D eigenvalue weighted by molar-refractivity contribution is 5.82. The monoisotopic (exact) mass is 234 g/mol. The molecule has 0 aliphatic heterocycles. The Bertz CT molecular complexity index is 418. The van der Waals surface area contributed by atoms with Crippen molar-refractivity contribution >= 4 is 5.91 Å². The van der Waals surface area contributed by atoms with Gasteiger partial charge in [0.2, 0.25) is 5.91 Å². The maximum atomic E-state index is 11.9. The number of aromatic nitrogens is 3. The molecule has 2 fully saturated rings. The Morgan fingerprint density at radius 2 is 2.29 bits per heavy atom. The van der Waals surface area contributed by atoms with Crippen molar-refractivity contribution in [3.05, 3.63) is 12.2 Å². The molecule has 1 aromatic rings. The number of nitrogens with one attached hydrogen (secondary N) is 1. The molecule has 3 rings (SSSR count). The van der Waals surface area contributed by atoms with E-state index < -0.39 is 0 Å². The normalized spacial score (nSPS) is 30.1. The smallest absolute Gasteiger partial charge is 0.224 e. The maximum Gasteiger partial charge on any atom is 0.224 e. The molecule has 2 aliphatic carbocycles. The number of nitrogens with zero attached hydrogens (tertiary/aromatic N) is 3. The molecule has 1 amide bonds. The van der Waals surface area contributed by atoms with Gasteiger partial charge in [0.25, 0.3) is 0 Å². The van der Waals surface area contributed by atoms with Gasteiger partial charge in [-0.3, -0.25) is 4.79 Å². The minimum Gasteiger partial charge on any atom is -0.349 e. The Hall–Kier alpha value is -1.39. The number of aryl methyl sites for hydroxylation is 1. The van der Waals surface area contributed by atoms with Crippen LogP contribution in [-0.4, -0.2) is 20.7 Å². The second kappa shape index (κ2) is 4.13. The zero-order valence-electron chi connectivity index (χ0n) is 10.1. The molecule has 0 radical (unpaired) electrons. The molecule has 3 atom stereocenters. The van der Waals surface area contributed by atoms with Crippen molar-refractivity contribution in [1.82, 2.24) is 20.1 Å². The van der Waals surface area contributed by atoms with Crippen LogP contribution in [0.3, 0.4) is 0 Å². The lowest BCUT2D eigenvalue weighted by molar-refractivity contribution is -0.123. The Morgan fingerprint density at radius 1 is 1.53 bits per heavy atom. The van der Waals surface area contributed by atoms with Crippen molar-refractivity contribution in [2.75, 3.05) is 0 Å². The lowest BCUT2D eigenvalue weighted by Gasteiger charge is -2.06. The first-order valence-electron chi connectivity index (χ1n) is 6.45. The third kappa shape index (κ3) is 1.83. The molecule has 0 spiro atoms. The maximum absolute atomic E-state index is 11.9. The Balaban J connectivity index is 1.53. The third-order valence-corrected chi connectivity index (χ3v) is 4.13. The Morgan fingerprint density at radius 3 is 3.00 bits per heavy atom. The van der Waals surface area contributed by atoms with E-state index in [1.807, 2.05) is 11.6 Å². The molecule has 0 bridgehead atoms. The second-order valence-electron chi connectivity index (χ2n) is 4.99. The summed E-state index contributed by atoms with van der Waals surface area (Å²) < 4.78 is 1.81. The van der Waals surface area contributed by atoms with Gasteiger partial charge < -0.3 is 5.32 Å². The standard InChI is InChI=1S/C12H18N4O/c1-2-16-10(14-7-15-16)6-13-12(17)11-8-4-3-5-9(8)11/h7-9,11H,2-6H2,1H3,(H,13,17)/t8-,9+,11?. The van der Waals surface area contributed by atoms with Crippen LogP contribution in [0.15, 0.2) is 6.33 Å². The topological polar surface area (TPSA) is 59.8 Å². The molecule has 1 N–H and O–H groups in total. The number of carbonyl (C=O) groups is 1. The van der Waals surface area contributed by atoms with Gasteiger partial charge in [0, 0.05) is 12.5 Å². The van der Waals surface area contributed by atoms with Gasteiger partial charge in [0.15, 0.2) is 0 Å². The molecule has 2 saturated carbocycles. The average Bonchev–Trinajstić information content (AvgIpc) is 2.75. The van der Waals surface area contributed by atoms with E-state index in [2.05, 4.69) is 15.4 Å². The summed E-state index contributed by atoms with van der Waals surface area (Å²) in [5, 5.41) is 7.07. The van der Waals surface area contributed by atoms with Crippen LogP contribution in [0.2, 0.25) is 0 Å². The van der Waals surface area contributed by atoms with E-state index in [4.69, 9.17) is 0 Å². The summed E-state index contributed by atoms with van der Waals surface area (Å²) in [5.41, 5.74) is 0. The van der Waals surface area contributed by atoms with Gasteiger partial charge in [-0.25, -0.2) is 9.67 Å².